The average molecular weight is 294 g/mol. The molecule has 0 bridgehead atoms. The van der Waals surface area contributed by atoms with Crippen LogP contribution in [0.1, 0.15) is 41.9 Å². The summed E-state index contributed by atoms with van der Waals surface area (Å²) < 4.78 is 5.82. The number of thiophene rings is 1. The molecule has 4 heteroatoms. The molecule has 0 aromatic carbocycles. The van der Waals surface area contributed by atoms with Gasteiger partial charge in [0.2, 0.25) is 0 Å². The molecule has 1 aromatic rings. The molecule has 20 heavy (non-hydrogen) atoms. The van der Waals surface area contributed by atoms with Gasteiger partial charge in [-0.1, -0.05) is 6.42 Å². The fraction of sp³-hybridized carbons (Fsp3) is 0.750. The first-order valence-electron chi connectivity index (χ1n) is 8.01. The van der Waals surface area contributed by atoms with Crippen LogP contribution in [0.15, 0.2) is 12.1 Å². The van der Waals surface area contributed by atoms with Gasteiger partial charge in [0.05, 0.1) is 13.2 Å². The zero-order valence-corrected chi connectivity index (χ0v) is 13.1. The predicted molar refractivity (Wildman–Crippen MR) is 84.1 cm³/mol. The zero-order valence-electron chi connectivity index (χ0n) is 12.3. The molecule has 0 spiro atoms. The van der Waals surface area contributed by atoms with E-state index in [0.29, 0.717) is 0 Å². The first-order chi connectivity index (χ1) is 9.90. The summed E-state index contributed by atoms with van der Waals surface area (Å²) in [6.07, 6.45) is 6.85. The van der Waals surface area contributed by atoms with Crippen LogP contribution in [0, 0.1) is 0 Å². The molecular formula is C16H26N2OS. The summed E-state index contributed by atoms with van der Waals surface area (Å²) in [6, 6.07) is 5.25. The molecule has 1 saturated carbocycles. The third-order valence-electron chi connectivity index (χ3n) is 4.10. The lowest BCUT2D eigenvalue weighted by Gasteiger charge is -2.26. The monoisotopic (exact) mass is 294 g/mol. The Labute approximate surface area is 126 Å². The number of rotatable bonds is 8. The van der Waals surface area contributed by atoms with Crippen LogP contribution in [-0.4, -0.2) is 37.2 Å². The fourth-order valence-corrected chi connectivity index (χ4v) is 3.58. The molecule has 1 N–H and O–H groups in total. The summed E-state index contributed by atoms with van der Waals surface area (Å²) in [5.74, 6) is 0. The molecule has 0 atom stereocenters. The Morgan fingerprint density at radius 1 is 1.15 bits per heavy atom. The van der Waals surface area contributed by atoms with Gasteiger partial charge in [0.15, 0.2) is 0 Å². The van der Waals surface area contributed by atoms with E-state index in [1.165, 1.54) is 54.9 Å². The Morgan fingerprint density at radius 2 is 1.95 bits per heavy atom. The van der Waals surface area contributed by atoms with Crippen molar-refractivity contribution < 1.29 is 4.74 Å². The molecule has 0 amide bonds. The molecule has 1 aliphatic carbocycles. The molecule has 1 aliphatic heterocycles. The normalized spacial score (nSPS) is 20.4. The number of nitrogens with zero attached hydrogens (tertiary/aromatic N) is 1. The minimum absolute atomic E-state index is 0.780. The Kier molecular flexibility index (Phi) is 5.48. The second-order valence-electron chi connectivity index (χ2n) is 5.98. The van der Waals surface area contributed by atoms with Gasteiger partial charge in [-0.2, -0.15) is 0 Å². The van der Waals surface area contributed by atoms with Crippen molar-refractivity contribution in [3.63, 3.8) is 0 Å². The lowest BCUT2D eigenvalue weighted by molar-refractivity contribution is 0.0878. The van der Waals surface area contributed by atoms with Gasteiger partial charge in [-0.05, 0) is 50.9 Å². The lowest BCUT2D eigenvalue weighted by Crippen LogP contribution is -2.32. The van der Waals surface area contributed by atoms with Gasteiger partial charge in [-0.3, -0.25) is 0 Å². The third-order valence-corrected chi connectivity index (χ3v) is 5.16. The number of hydrogen-bond acceptors (Lipinski definition) is 4. The largest absolute Gasteiger partial charge is 0.375 e. The predicted octanol–water partition coefficient (Wildman–Crippen LogP) is 3.00. The SMILES string of the molecule is c1cc(COCCN2CCCCC2)sc1CNC1CC1. The molecule has 112 valence electrons. The molecule has 3 rings (SSSR count). The van der Waals surface area contributed by atoms with Gasteiger partial charge in [-0.25, -0.2) is 0 Å². The number of ether oxygens (including phenoxy) is 1. The zero-order chi connectivity index (χ0) is 13.6. The fourth-order valence-electron chi connectivity index (χ4n) is 2.68. The first-order valence-corrected chi connectivity index (χ1v) is 8.83. The van der Waals surface area contributed by atoms with Gasteiger partial charge in [0.25, 0.3) is 0 Å². The van der Waals surface area contributed by atoms with Crippen LogP contribution in [0.4, 0.5) is 0 Å². The van der Waals surface area contributed by atoms with Crippen molar-refractivity contribution in [1.82, 2.24) is 10.2 Å². The minimum atomic E-state index is 0.780. The van der Waals surface area contributed by atoms with Crippen LogP contribution in [0.5, 0.6) is 0 Å². The molecule has 0 unspecified atom stereocenters. The van der Waals surface area contributed by atoms with E-state index in [9.17, 15) is 0 Å². The highest BCUT2D eigenvalue weighted by molar-refractivity contribution is 7.11. The van der Waals surface area contributed by atoms with Crippen LogP contribution in [0.25, 0.3) is 0 Å². The molecular weight excluding hydrogens is 268 g/mol. The maximum Gasteiger partial charge on any atom is 0.0810 e. The van der Waals surface area contributed by atoms with Crippen molar-refractivity contribution in [2.75, 3.05) is 26.2 Å². The molecule has 3 nitrogen and oxygen atoms in total. The molecule has 1 saturated heterocycles. The number of hydrogen-bond donors (Lipinski definition) is 1. The van der Waals surface area contributed by atoms with E-state index in [0.717, 1.165) is 32.3 Å². The maximum atomic E-state index is 5.82. The second kappa shape index (κ2) is 7.55. The van der Waals surface area contributed by atoms with E-state index in [4.69, 9.17) is 4.74 Å². The first kappa shape index (κ1) is 14.5. The van der Waals surface area contributed by atoms with Crippen LogP contribution in [-0.2, 0) is 17.9 Å². The summed E-state index contributed by atoms with van der Waals surface area (Å²) >= 11 is 1.89. The molecule has 2 fully saturated rings. The maximum absolute atomic E-state index is 5.82. The Balaban J connectivity index is 1.29. The summed E-state index contributed by atoms with van der Waals surface area (Å²) in [7, 11) is 0. The van der Waals surface area contributed by atoms with Crippen molar-refractivity contribution in [2.24, 2.45) is 0 Å². The second-order valence-corrected chi connectivity index (χ2v) is 7.23. The minimum Gasteiger partial charge on any atom is -0.375 e. The smallest absolute Gasteiger partial charge is 0.0810 e. The van der Waals surface area contributed by atoms with Gasteiger partial charge in [0.1, 0.15) is 0 Å². The van der Waals surface area contributed by atoms with Crippen LogP contribution < -0.4 is 5.32 Å². The van der Waals surface area contributed by atoms with Crippen molar-refractivity contribution >= 4 is 11.3 Å². The summed E-state index contributed by atoms with van der Waals surface area (Å²) in [4.78, 5) is 5.32. The van der Waals surface area contributed by atoms with Crippen LogP contribution in [0.3, 0.4) is 0 Å². The lowest BCUT2D eigenvalue weighted by atomic mass is 10.1. The third kappa shape index (κ3) is 4.85. The molecule has 2 heterocycles. The van der Waals surface area contributed by atoms with Crippen LogP contribution in [0.2, 0.25) is 0 Å². The average Bonchev–Trinajstić information content (AvgIpc) is 3.21. The Morgan fingerprint density at radius 3 is 2.75 bits per heavy atom. The highest BCUT2D eigenvalue weighted by Gasteiger charge is 2.20. The summed E-state index contributed by atoms with van der Waals surface area (Å²) in [6.45, 7) is 6.30. The Bertz CT molecular complexity index is 397. The number of likely N-dealkylation sites (tertiary alicyclic amines) is 1. The van der Waals surface area contributed by atoms with E-state index in [-0.39, 0.29) is 0 Å². The van der Waals surface area contributed by atoms with E-state index >= 15 is 0 Å². The van der Waals surface area contributed by atoms with E-state index in [1.807, 2.05) is 11.3 Å². The van der Waals surface area contributed by atoms with Crippen molar-refractivity contribution in [1.29, 1.82) is 0 Å². The standard InChI is InChI=1S/C16H26N2OS/c1-2-8-18(9-3-1)10-11-19-13-16-7-6-15(20-16)12-17-14-4-5-14/h6-7,14,17H,1-5,8-13H2. The number of piperidine rings is 1. The summed E-state index contributed by atoms with van der Waals surface area (Å²) in [5.41, 5.74) is 0. The van der Waals surface area contributed by atoms with E-state index in [2.05, 4.69) is 22.3 Å². The van der Waals surface area contributed by atoms with Crippen molar-refractivity contribution in [3.8, 4) is 0 Å². The topological polar surface area (TPSA) is 24.5 Å². The highest BCUT2D eigenvalue weighted by Crippen LogP contribution is 2.22. The Hall–Kier alpha value is -0.420. The van der Waals surface area contributed by atoms with E-state index in [1.54, 1.807) is 0 Å². The summed E-state index contributed by atoms with van der Waals surface area (Å²) in [5, 5.41) is 3.56. The quantitative estimate of drug-likeness (QED) is 0.746. The van der Waals surface area contributed by atoms with Gasteiger partial charge in [0, 0.05) is 28.9 Å². The van der Waals surface area contributed by atoms with E-state index < -0.39 is 0 Å². The van der Waals surface area contributed by atoms with Crippen molar-refractivity contribution in [2.45, 2.75) is 51.3 Å². The van der Waals surface area contributed by atoms with Gasteiger partial charge >= 0.3 is 0 Å². The van der Waals surface area contributed by atoms with Gasteiger partial charge < -0.3 is 15.0 Å². The van der Waals surface area contributed by atoms with Crippen LogP contribution >= 0.6 is 11.3 Å². The number of nitrogens with one attached hydrogen (secondary N) is 1. The molecule has 2 aliphatic rings. The highest BCUT2D eigenvalue weighted by atomic mass is 32.1. The molecule has 0 radical (unpaired) electrons. The van der Waals surface area contributed by atoms with Gasteiger partial charge in [-0.15, -0.1) is 11.3 Å². The van der Waals surface area contributed by atoms with Crippen molar-refractivity contribution in [3.05, 3.63) is 21.9 Å². The molecule has 1 aromatic heterocycles.